The molecule has 0 bridgehead atoms. The molecule has 0 aliphatic carbocycles. The predicted molar refractivity (Wildman–Crippen MR) is 62.7 cm³/mol. The number of carboxylic acid groups (broad SMARTS) is 1. The van der Waals surface area contributed by atoms with E-state index in [0.717, 1.165) is 22.3 Å². The fraction of sp³-hybridized carbons (Fsp3) is 0.154. The standard InChI is InChI=1S/C13H13NO2/c1-8-3-4-9(2)11(7-8)10-5-6-14-12(10)13(15)16/h3-7,14H,1-2H3,(H,15,16). The second kappa shape index (κ2) is 3.85. The monoisotopic (exact) mass is 215 g/mol. The van der Waals surface area contributed by atoms with Crippen LogP contribution in [-0.4, -0.2) is 16.1 Å². The number of carboxylic acids is 1. The SMILES string of the molecule is Cc1ccc(C)c(-c2cc[nH]c2C(=O)O)c1. The van der Waals surface area contributed by atoms with E-state index in [-0.39, 0.29) is 5.69 Å². The molecular formula is C13H13NO2. The molecule has 0 aliphatic heterocycles. The van der Waals surface area contributed by atoms with E-state index >= 15 is 0 Å². The van der Waals surface area contributed by atoms with Crippen LogP contribution in [0.3, 0.4) is 0 Å². The van der Waals surface area contributed by atoms with Crippen molar-refractivity contribution in [1.82, 2.24) is 4.98 Å². The molecule has 0 saturated heterocycles. The number of H-pyrrole nitrogens is 1. The average molecular weight is 215 g/mol. The fourth-order valence-corrected chi connectivity index (χ4v) is 1.80. The van der Waals surface area contributed by atoms with Gasteiger partial charge in [-0.2, -0.15) is 0 Å². The smallest absolute Gasteiger partial charge is 0.352 e. The summed E-state index contributed by atoms with van der Waals surface area (Å²) in [5.74, 6) is -0.930. The number of hydrogen-bond acceptors (Lipinski definition) is 1. The fourth-order valence-electron chi connectivity index (χ4n) is 1.80. The molecule has 0 atom stereocenters. The van der Waals surface area contributed by atoms with Crippen molar-refractivity contribution >= 4 is 5.97 Å². The van der Waals surface area contributed by atoms with Gasteiger partial charge in [-0.1, -0.05) is 23.8 Å². The van der Waals surface area contributed by atoms with E-state index in [4.69, 9.17) is 5.11 Å². The number of rotatable bonds is 2. The summed E-state index contributed by atoms with van der Waals surface area (Å²) < 4.78 is 0. The van der Waals surface area contributed by atoms with Crippen molar-refractivity contribution in [1.29, 1.82) is 0 Å². The van der Waals surface area contributed by atoms with Crippen molar-refractivity contribution in [2.24, 2.45) is 0 Å². The molecule has 3 nitrogen and oxygen atoms in total. The van der Waals surface area contributed by atoms with Crippen LogP contribution < -0.4 is 0 Å². The lowest BCUT2D eigenvalue weighted by Gasteiger charge is -2.06. The molecule has 2 N–H and O–H groups in total. The van der Waals surface area contributed by atoms with Gasteiger partial charge in [0.25, 0.3) is 0 Å². The number of aromatic nitrogens is 1. The molecule has 1 aromatic carbocycles. The third kappa shape index (κ3) is 1.72. The highest BCUT2D eigenvalue weighted by Gasteiger charge is 2.14. The Balaban J connectivity index is 2.62. The number of carbonyl (C=O) groups is 1. The van der Waals surface area contributed by atoms with E-state index in [2.05, 4.69) is 4.98 Å². The number of aromatic amines is 1. The molecule has 2 aromatic rings. The van der Waals surface area contributed by atoms with Gasteiger partial charge in [0.2, 0.25) is 0 Å². The predicted octanol–water partition coefficient (Wildman–Crippen LogP) is 3.00. The maximum Gasteiger partial charge on any atom is 0.352 e. The summed E-state index contributed by atoms with van der Waals surface area (Å²) in [4.78, 5) is 13.8. The first kappa shape index (κ1) is 10.5. The number of aryl methyl sites for hydroxylation is 2. The van der Waals surface area contributed by atoms with Crippen LogP contribution in [0.4, 0.5) is 0 Å². The minimum Gasteiger partial charge on any atom is -0.477 e. The van der Waals surface area contributed by atoms with Crippen LogP contribution >= 0.6 is 0 Å². The van der Waals surface area contributed by atoms with E-state index < -0.39 is 5.97 Å². The topological polar surface area (TPSA) is 53.1 Å². The van der Waals surface area contributed by atoms with Gasteiger partial charge in [-0.25, -0.2) is 4.79 Å². The summed E-state index contributed by atoms with van der Waals surface area (Å²) in [5, 5.41) is 9.04. The lowest BCUT2D eigenvalue weighted by molar-refractivity contribution is 0.0692. The first-order chi connectivity index (χ1) is 7.59. The molecular weight excluding hydrogens is 202 g/mol. The van der Waals surface area contributed by atoms with Crippen LogP contribution in [0.5, 0.6) is 0 Å². The minimum absolute atomic E-state index is 0.244. The van der Waals surface area contributed by atoms with Crippen LogP contribution in [0, 0.1) is 13.8 Å². The Morgan fingerprint density at radius 3 is 2.62 bits per heavy atom. The van der Waals surface area contributed by atoms with Gasteiger partial charge in [-0.3, -0.25) is 0 Å². The summed E-state index contributed by atoms with van der Waals surface area (Å²) in [6.45, 7) is 3.98. The van der Waals surface area contributed by atoms with Crippen LogP contribution in [0.2, 0.25) is 0 Å². The summed E-state index contributed by atoms with van der Waals surface area (Å²) in [6.07, 6.45) is 1.65. The third-order valence-corrected chi connectivity index (χ3v) is 2.64. The van der Waals surface area contributed by atoms with Crippen molar-refractivity contribution in [3.05, 3.63) is 47.3 Å². The Morgan fingerprint density at radius 2 is 1.94 bits per heavy atom. The Hall–Kier alpha value is -2.03. The van der Waals surface area contributed by atoms with Crippen molar-refractivity contribution < 1.29 is 9.90 Å². The maximum absolute atomic E-state index is 11.0. The maximum atomic E-state index is 11.0. The molecule has 0 radical (unpaired) electrons. The molecule has 0 aliphatic rings. The molecule has 1 aromatic heterocycles. The van der Waals surface area contributed by atoms with E-state index in [9.17, 15) is 4.79 Å². The van der Waals surface area contributed by atoms with E-state index in [0.29, 0.717) is 0 Å². The minimum atomic E-state index is -0.930. The summed E-state index contributed by atoms with van der Waals surface area (Å²) >= 11 is 0. The molecule has 0 fully saturated rings. The van der Waals surface area contributed by atoms with Gasteiger partial charge in [0.15, 0.2) is 0 Å². The molecule has 0 unspecified atom stereocenters. The molecule has 16 heavy (non-hydrogen) atoms. The van der Waals surface area contributed by atoms with Crippen molar-refractivity contribution in [3.63, 3.8) is 0 Å². The lowest BCUT2D eigenvalue weighted by Crippen LogP contribution is -1.99. The number of nitrogens with one attached hydrogen (secondary N) is 1. The zero-order chi connectivity index (χ0) is 11.7. The molecule has 82 valence electrons. The van der Waals surface area contributed by atoms with Crippen molar-refractivity contribution in [2.75, 3.05) is 0 Å². The second-order valence-corrected chi connectivity index (χ2v) is 3.89. The largest absolute Gasteiger partial charge is 0.477 e. The van der Waals surface area contributed by atoms with Gasteiger partial charge in [-0.15, -0.1) is 0 Å². The second-order valence-electron chi connectivity index (χ2n) is 3.89. The highest BCUT2D eigenvalue weighted by atomic mass is 16.4. The van der Waals surface area contributed by atoms with Gasteiger partial charge < -0.3 is 10.1 Å². The molecule has 0 amide bonds. The highest BCUT2D eigenvalue weighted by Crippen LogP contribution is 2.27. The van der Waals surface area contributed by atoms with Gasteiger partial charge in [0.05, 0.1) is 0 Å². The molecule has 2 rings (SSSR count). The number of hydrogen-bond donors (Lipinski definition) is 2. The van der Waals surface area contributed by atoms with Crippen molar-refractivity contribution in [3.8, 4) is 11.1 Å². The zero-order valence-corrected chi connectivity index (χ0v) is 9.24. The zero-order valence-electron chi connectivity index (χ0n) is 9.24. The first-order valence-electron chi connectivity index (χ1n) is 5.08. The quantitative estimate of drug-likeness (QED) is 0.809. The van der Waals surface area contributed by atoms with E-state index in [1.165, 1.54) is 0 Å². The van der Waals surface area contributed by atoms with Gasteiger partial charge in [0, 0.05) is 11.8 Å². The molecule has 1 heterocycles. The van der Waals surface area contributed by atoms with E-state index in [1.807, 2.05) is 32.0 Å². The molecule has 0 spiro atoms. The van der Waals surface area contributed by atoms with Crippen LogP contribution in [0.25, 0.3) is 11.1 Å². The Bertz CT molecular complexity index is 541. The molecule has 0 saturated carbocycles. The van der Waals surface area contributed by atoms with Gasteiger partial charge in [0.1, 0.15) is 5.69 Å². The van der Waals surface area contributed by atoms with Gasteiger partial charge in [-0.05, 0) is 31.0 Å². The summed E-state index contributed by atoms with van der Waals surface area (Å²) in [5.41, 5.74) is 4.16. The summed E-state index contributed by atoms with van der Waals surface area (Å²) in [7, 11) is 0. The van der Waals surface area contributed by atoms with Crippen LogP contribution in [-0.2, 0) is 0 Å². The number of aromatic carboxylic acids is 1. The highest BCUT2D eigenvalue weighted by molar-refractivity contribution is 5.94. The van der Waals surface area contributed by atoms with Gasteiger partial charge >= 0.3 is 5.97 Å². The Labute approximate surface area is 93.7 Å². The van der Waals surface area contributed by atoms with Crippen molar-refractivity contribution in [2.45, 2.75) is 13.8 Å². The first-order valence-corrected chi connectivity index (χ1v) is 5.08. The summed E-state index contributed by atoms with van der Waals surface area (Å²) in [6, 6.07) is 7.82. The normalized spacial score (nSPS) is 10.4. The van der Waals surface area contributed by atoms with Crippen LogP contribution in [0.1, 0.15) is 21.6 Å². The number of benzene rings is 1. The van der Waals surface area contributed by atoms with E-state index in [1.54, 1.807) is 12.3 Å². The Kier molecular flexibility index (Phi) is 2.52. The van der Waals surface area contributed by atoms with Crippen LogP contribution in [0.15, 0.2) is 30.5 Å². The lowest BCUT2D eigenvalue weighted by atomic mass is 9.98. The third-order valence-electron chi connectivity index (χ3n) is 2.64. The molecule has 3 heteroatoms. The average Bonchev–Trinajstić information content (AvgIpc) is 2.70. The Morgan fingerprint density at radius 1 is 1.19 bits per heavy atom.